The maximum atomic E-state index is 11.7. The van der Waals surface area contributed by atoms with Gasteiger partial charge in [-0.25, -0.2) is 4.79 Å². The van der Waals surface area contributed by atoms with E-state index in [0.29, 0.717) is 22.3 Å². The number of amides is 1. The van der Waals surface area contributed by atoms with Crippen molar-refractivity contribution in [2.75, 3.05) is 10.6 Å². The Bertz CT molecular complexity index is 690. The first-order chi connectivity index (χ1) is 11.2. The quantitative estimate of drug-likeness (QED) is 0.702. The third-order valence-electron chi connectivity index (χ3n) is 2.95. The molecule has 0 aromatic heterocycles. The first kappa shape index (κ1) is 18.4. The highest BCUT2D eigenvalue weighted by Gasteiger charge is 2.16. The predicted octanol–water partition coefficient (Wildman–Crippen LogP) is 5.95. The van der Waals surface area contributed by atoms with E-state index in [1.807, 2.05) is 45.0 Å². The second-order valence-electron chi connectivity index (χ2n) is 6.34. The Hall–Kier alpha value is -1.91. The average Bonchev–Trinajstić information content (AvgIpc) is 2.43. The van der Waals surface area contributed by atoms with E-state index in [-0.39, 0.29) is 0 Å². The van der Waals surface area contributed by atoms with Gasteiger partial charge in [0.15, 0.2) is 0 Å². The summed E-state index contributed by atoms with van der Waals surface area (Å²) in [6.45, 7) is 6.06. The van der Waals surface area contributed by atoms with Gasteiger partial charge in [-0.2, -0.15) is 0 Å². The van der Waals surface area contributed by atoms with Crippen molar-refractivity contribution in [1.82, 2.24) is 0 Å². The number of hydrogen-bond donors (Lipinski definition) is 2. The summed E-state index contributed by atoms with van der Waals surface area (Å²) in [5.41, 5.74) is 2.05. The highest BCUT2D eigenvalue weighted by atomic mass is 35.5. The molecule has 0 spiro atoms. The van der Waals surface area contributed by atoms with E-state index in [4.69, 9.17) is 27.9 Å². The highest BCUT2D eigenvalue weighted by Crippen LogP contribution is 2.21. The number of hydrogen-bond acceptors (Lipinski definition) is 3. The van der Waals surface area contributed by atoms with Crippen LogP contribution in [0.2, 0.25) is 10.0 Å². The van der Waals surface area contributed by atoms with Gasteiger partial charge in [0, 0.05) is 28.0 Å². The Balaban J connectivity index is 1.91. The fourth-order valence-electron chi connectivity index (χ4n) is 2.01. The number of rotatable bonds is 4. The summed E-state index contributed by atoms with van der Waals surface area (Å²) in [6, 6.07) is 12.8. The van der Waals surface area contributed by atoms with Gasteiger partial charge >= 0.3 is 6.09 Å². The van der Waals surface area contributed by atoms with Crippen LogP contribution in [0.25, 0.3) is 0 Å². The molecule has 0 aliphatic heterocycles. The zero-order valence-electron chi connectivity index (χ0n) is 13.8. The zero-order valence-corrected chi connectivity index (χ0v) is 15.3. The van der Waals surface area contributed by atoms with Crippen molar-refractivity contribution >= 4 is 40.7 Å². The van der Waals surface area contributed by atoms with Gasteiger partial charge in [-0.1, -0.05) is 23.2 Å². The summed E-state index contributed by atoms with van der Waals surface area (Å²) >= 11 is 12.0. The second-order valence-corrected chi connectivity index (χ2v) is 7.21. The predicted molar refractivity (Wildman–Crippen MR) is 100 cm³/mol. The summed E-state index contributed by atoms with van der Waals surface area (Å²) in [6.07, 6.45) is -0.475. The number of anilines is 2. The maximum absolute atomic E-state index is 11.7. The summed E-state index contributed by atoms with van der Waals surface area (Å²) in [5, 5.41) is 7.18. The van der Waals surface area contributed by atoms with Gasteiger partial charge in [-0.3, -0.25) is 5.32 Å². The topological polar surface area (TPSA) is 50.4 Å². The van der Waals surface area contributed by atoms with Crippen LogP contribution in [0, 0.1) is 0 Å². The van der Waals surface area contributed by atoms with Crippen LogP contribution in [0.5, 0.6) is 0 Å². The van der Waals surface area contributed by atoms with Crippen LogP contribution in [-0.4, -0.2) is 11.7 Å². The molecule has 0 fully saturated rings. The van der Waals surface area contributed by atoms with Crippen molar-refractivity contribution in [3.05, 3.63) is 58.1 Å². The first-order valence-electron chi connectivity index (χ1n) is 7.50. The first-order valence-corrected chi connectivity index (χ1v) is 8.26. The Morgan fingerprint density at radius 3 is 2.08 bits per heavy atom. The molecule has 6 heteroatoms. The van der Waals surface area contributed by atoms with E-state index in [9.17, 15) is 4.79 Å². The third-order valence-corrected chi connectivity index (χ3v) is 3.39. The number of benzene rings is 2. The SMILES string of the molecule is CC(C)(C)OC(=O)Nc1ccc(NCc2cc(Cl)cc(Cl)c2)cc1. The van der Waals surface area contributed by atoms with Crippen molar-refractivity contribution in [2.24, 2.45) is 0 Å². The molecule has 1 amide bonds. The minimum atomic E-state index is -0.524. The molecule has 0 bridgehead atoms. The molecule has 0 radical (unpaired) electrons. The van der Waals surface area contributed by atoms with Crippen LogP contribution in [0.1, 0.15) is 26.3 Å². The average molecular weight is 367 g/mol. The van der Waals surface area contributed by atoms with Gasteiger partial charge in [-0.05, 0) is 68.8 Å². The van der Waals surface area contributed by atoms with E-state index >= 15 is 0 Å². The van der Waals surface area contributed by atoms with Crippen molar-refractivity contribution < 1.29 is 9.53 Å². The van der Waals surface area contributed by atoms with Gasteiger partial charge in [0.2, 0.25) is 0 Å². The van der Waals surface area contributed by atoms with E-state index in [1.165, 1.54) is 0 Å². The standard InChI is InChI=1S/C18H20Cl2N2O2/c1-18(2,3)24-17(23)22-16-6-4-15(5-7-16)21-11-12-8-13(19)10-14(20)9-12/h4-10,21H,11H2,1-3H3,(H,22,23). The molecule has 2 aromatic carbocycles. The lowest BCUT2D eigenvalue weighted by Crippen LogP contribution is -2.27. The van der Waals surface area contributed by atoms with Crippen LogP contribution in [0.15, 0.2) is 42.5 Å². The van der Waals surface area contributed by atoms with Gasteiger partial charge in [0.05, 0.1) is 0 Å². The van der Waals surface area contributed by atoms with Gasteiger partial charge in [-0.15, -0.1) is 0 Å². The summed E-state index contributed by atoms with van der Waals surface area (Å²) < 4.78 is 5.21. The largest absolute Gasteiger partial charge is 0.444 e. The van der Waals surface area contributed by atoms with E-state index < -0.39 is 11.7 Å². The fourth-order valence-corrected chi connectivity index (χ4v) is 2.58. The summed E-state index contributed by atoms with van der Waals surface area (Å²) in [5.74, 6) is 0. The number of carbonyl (C=O) groups excluding carboxylic acids is 1. The van der Waals surface area contributed by atoms with E-state index in [2.05, 4.69) is 10.6 Å². The smallest absolute Gasteiger partial charge is 0.412 e. The van der Waals surface area contributed by atoms with Gasteiger partial charge in [0.25, 0.3) is 0 Å². The van der Waals surface area contributed by atoms with Crippen LogP contribution < -0.4 is 10.6 Å². The lowest BCUT2D eigenvalue weighted by molar-refractivity contribution is 0.0636. The Kier molecular flexibility index (Phi) is 5.97. The molecule has 0 heterocycles. The Labute approximate surface area is 152 Å². The minimum Gasteiger partial charge on any atom is -0.444 e. The van der Waals surface area contributed by atoms with Gasteiger partial charge in [0.1, 0.15) is 5.60 Å². The molecule has 128 valence electrons. The van der Waals surface area contributed by atoms with Crippen LogP contribution in [0.3, 0.4) is 0 Å². The molecular weight excluding hydrogens is 347 g/mol. The normalized spacial score (nSPS) is 11.0. The molecule has 2 aromatic rings. The van der Waals surface area contributed by atoms with Crippen LogP contribution in [-0.2, 0) is 11.3 Å². The summed E-state index contributed by atoms with van der Waals surface area (Å²) in [7, 11) is 0. The molecule has 0 aliphatic rings. The van der Waals surface area contributed by atoms with E-state index in [1.54, 1.807) is 18.2 Å². The molecule has 0 saturated heterocycles. The monoisotopic (exact) mass is 366 g/mol. The molecule has 4 nitrogen and oxygen atoms in total. The Morgan fingerprint density at radius 2 is 1.54 bits per heavy atom. The molecule has 0 unspecified atom stereocenters. The van der Waals surface area contributed by atoms with Crippen molar-refractivity contribution in [3.8, 4) is 0 Å². The highest BCUT2D eigenvalue weighted by molar-refractivity contribution is 6.34. The van der Waals surface area contributed by atoms with Crippen LogP contribution in [0.4, 0.5) is 16.2 Å². The Morgan fingerprint density at radius 1 is 1.00 bits per heavy atom. The summed E-state index contributed by atoms with van der Waals surface area (Å²) in [4.78, 5) is 11.7. The number of nitrogens with one attached hydrogen (secondary N) is 2. The number of carbonyl (C=O) groups is 1. The minimum absolute atomic E-state index is 0.475. The number of ether oxygens (including phenoxy) is 1. The number of halogens is 2. The molecule has 0 aliphatic carbocycles. The lowest BCUT2D eigenvalue weighted by Gasteiger charge is -2.19. The lowest BCUT2D eigenvalue weighted by atomic mass is 10.2. The molecule has 0 atom stereocenters. The molecule has 2 rings (SSSR count). The van der Waals surface area contributed by atoms with Crippen molar-refractivity contribution in [3.63, 3.8) is 0 Å². The third kappa shape index (κ3) is 6.30. The van der Waals surface area contributed by atoms with E-state index in [0.717, 1.165) is 11.3 Å². The van der Waals surface area contributed by atoms with Gasteiger partial charge < -0.3 is 10.1 Å². The molecule has 0 saturated carbocycles. The zero-order chi connectivity index (χ0) is 17.7. The molecular formula is C18H20Cl2N2O2. The molecule has 2 N–H and O–H groups in total. The van der Waals surface area contributed by atoms with Crippen LogP contribution >= 0.6 is 23.2 Å². The molecule has 24 heavy (non-hydrogen) atoms. The fraction of sp³-hybridized carbons (Fsp3) is 0.278. The van der Waals surface area contributed by atoms with Crippen molar-refractivity contribution in [1.29, 1.82) is 0 Å². The van der Waals surface area contributed by atoms with Crippen molar-refractivity contribution in [2.45, 2.75) is 32.9 Å². The second kappa shape index (κ2) is 7.77. The maximum Gasteiger partial charge on any atom is 0.412 e.